The van der Waals surface area contributed by atoms with Crippen LogP contribution in [0, 0.1) is 23.4 Å². The molecule has 1 atom stereocenters. The summed E-state index contributed by atoms with van der Waals surface area (Å²) in [5.74, 6) is -1.37. The van der Waals surface area contributed by atoms with Crippen molar-refractivity contribution in [2.45, 2.75) is 58.3 Å². The molecular formula is C32H33F3. The average molecular weight is 475 g/mol. The highest BCUT2D eigenvalue weighted by Crippen LogP contribution is 2.34. The standard InChI is InChI=1S/C32H33F3/c1-3-5-6-7-8-26-17-20-29(32(35)31(26)34)25-15-13-24(14-16-25)28-19-18-27(21-30(28)33)23-11-9-22(4-2)10-12-23/h4,11,13-22H,2-3,5-10,12H2,1H3. The number of allylic oxidation sites excluding steroid dienone is 3. The monoisotopic (exact) mass is 474 g/mol. The first kappa shape index (κ1) is 25.0. The Hall–Kier alpha value is -3.07. The normalized spacial score (nSPS) is 15.7. The molecule has 3 heteroatoms. The van der Waals surface area contributed by atoms with Crippen LogP contribution < -0.4 is 0 Å². The van der Waals surface area contributed by atoms with Crippen LogP contribution in [0.4, 0.5) is 13.2 Å². The van der Waals surface area contributed by atoms with Gasteiger partial charge in [0.05, 0.1) is 0 Å². The third kappa shape index (κ3) is 5.78. The molecule has 0 nitrogen and oxygen atoms in total. The maximum absolute atomic E-state index is 15.0. The van der Waals surface area contributed by atoms with Gasteiger partial charge < -0.3 is 0 Å². The zero-order valence-corrected chi connectivity index (χ0v) is 20.4. The van der Waals surface area contributed by atoms with Crippen molar-refractivity contribution >= 4 is 5.57 Å². The molecule has 0 aliphatic heterocycles. The molecule has 0 bridgehead atoms. The largest absolute Gasteiger partial charge is 0.206 e. The van der Waals surface area contributed by atoms with E-state index in [0.29, 0.717) is 34.6 Å². The molecule has 3 aromatic rings. The number of rotatable bonds is 9. The lowest BCUT2D eigenvalue weighted by atomic mass is 9.86. The van der Waals surface area contributed by atoms with Gasteiger partial charge in [0, 0.05) is 11.1 Å². The second-order valence-corrected chi connectivity index (χ2v) is 9.48. The number of benzene rings is 3. The second-order valence-electron chi connectivity index (χ2n) is 9.48. The van der Waals surface area contributed by atoms with Gasteiger partial charge in [0.2, 0.25) is 0 Å². The van der Waals surface area contributed by atoms with Gasteiger partial charge in [0.15, 0.2) is 11.6 Å². The zero-order chi connectivity index (χ0) is 24.8. The summed E-state index contributed by atoms with van der Waals surface area (Å²) in [6.45, 7) is 5.99. The Morgan fingerprint density at radius 3 is 2.14 bits per heavy atom. The zero-order valence-electron chi connectivity index (χ0n) is 20.4. The van der Waals surface area contributed by atoms with E-state index in [1.165, 1.54) is 5.57 Å². The Labute approximate surface area is 207 Å². The van der Waals surface area contributed by atoms with Gasteiger partial charge in [-0.1, -0.05) is 86.9 Å². The molecular weight excluding hydrogens is 441 g/mol. The van der Waals surface area contributed by atoms with Crippen molar-refractivity contribution < 1.29 is 13.2 Å². The van der Waals surface area contributed by atoms with Crippen LogP contribution in [0.5, 0.6) is 0 Å². The fraction of sp³-hybridized carbons (Fsp3) is 0.312. The number of hydrogen-bond acceptors (Lipinski definition) is 0. The predicted octanol–water partition coefficient (Wildman–Crippen LogP) is 9.93. The second kappa shape index (κ2) is 11.6. The van der Waals surface area contributed by atoms with Crippen LogP contribution in [-0.4, -0.2) is 0 Å². The Morgan fingerprint density at radius 1 is 0.829 bits per heavy atom. The molecule has 3 aromatic carbocycles. The molecule has 1 aliphatic carbocycles. The van der Waals surface area contributed by atoms with Crippen molar-refractivity contribution in [3.05, 3.63) is 102 Å². The van der Waals surface area contributed by atoms with E-state index in [2.05, 4.69) is 19.6 Å². The van der Waals surface area contributed by atoms with Crippen molar-refractivity contribution in [3.63, 3.8) is 0 Å². The lowest BCUT2D eigenvalue weighted by Gasteiger charge is -2.19. The molecule has 0 heterocycles. The van der Waals surface area contributed by atoms with E-state index < -0.39 is 11.6 Å². The van der Waals surface area contributed by atoms with Crippen LogP contribution in [-0.2, 0) is 6.42 Å². The smallest absolute Gasteiger partial charge is 0.166 e. The minimum absolute atomic E-state index is 0.226. The molecule has 0 N–H and O–H groups in total. The predicted molar refractivity (Wildman–Crippen MR) is 141 cm³/mol. The summed E-state index contributed by atoms with van der Waals surface area (Å²) in [6, 6.07) is 15.7. The molecule has 35 heavy (non-hydrogen) atoms. The Kier molecular flexibility index (Phi) is 8.28. The summed E-state index contributed by atoms with van der Waals surface area (Å²) in [6.07, 6.45) is 11.7. The van der Waals surface area contributed by atoms with Crippen LogP contribution in [0.1, 0.15) is 63.0 Å². The van der Waals surface area contributed by atoms with E-state index in [9.17, 15) is 8.78 Å². The lowest BCUT2D eigenvalue weighted by molar-refractivity contribution is 0.498. The van der Waals surface area contributed by atoms with Crippen LogP contribution in [0.15, 0.2) is 73.3 Å². The molecule has 1 aliphatic rings. The van der Waals surface area contributed by atoms with Gasteiger partial charge in [0.1, 0.15) is 5.82 Å². The van der Waals surface area contributed by atoms with E-state index in [4.69, 9.17) is 0 Å². The highest BCUT2D eigenvalue weighted by molar-refractivity contribution is 5.74. The SMILES string of the molecule is C=CC1CC=C(c2ccc(-c3ccc(-c4ccc(CCCCCC)c(F)c4F)cc3)c(F)c2)CC1. The molecule has 1 unspecified atom stereocenters. The van der Waals surface area contributed by atoms with E-state index in [1.54, 1.807) is 48.5 Å². The summed E-state index contributed by atoms with van der Waals surface area (Å²) in [5.41, 5.74) is 4.51. The summed E-state index contributed by atoms with van der Waals surface area (Å²) in [5, 5.41) is 0. The summed E-state index contributed by atoms with van der Waals surface area (Å²) in [7, 11) is 0. The van der Waals surface area contributed by atoms with Gasteiger partial charge in [-0.15, -0.1) is 6.58 Å². The van der Waals surface area contributed by atoms with E-state index >= 15 is 4.39 Å². The molecule has 0 fully saturated rings. The molecule has 4 rings (SSSR count). The fourth-order valence-electron chi connectivity index (χ4n) is 4.86. The maximum Gasteiger partial charge on any atom is 0.166 e. The molecule has 0 saturated carbocycles. The van der Waals surface area contributed by atoms with E-state index in [1.807, 2.05) is 12.1 Å². The minimum atomic E-state index is -0.819. The van der Waals surface area contributed by atoms with E-state index in [0.717, 1.165) is 50.5 Å². The number of halogens is 3. The quantitative estimate of drug-likeness (QED) is 0.214. The van der Waals surface area contributed by atoms with Gasteiger partial charge in [-0.05, 0) is 71.9 Å². The first-order chi connectivity index (χ1) is 17.0. The first-order valence-electron chi connectivity index (χ1n) is 12.7. The van der Waals surface area contributed by atoms with Gasteiger partial charge in [-0.3, -0.25) is 0 Å². The van der Waals surface area contributed by atoms with E-state index in [-0.39, 0.29) is 11.4 Å². The third-order valence-electron chi connectivity index (χ3n) is 7.09. The van der Waals surface area contributed by atoms with Crippen LogP contribution in [0.3, 0.4) is 0 Å². The Morgan fingerprint density at radius 2 is 1.51 bits per heavy atom. The molecule has 0 aromatic heterocycles. The maximum atomic E-state index is 15.0. The van der Waals surface area contributed by atoms with Crippen molar-refractivity contribution in [2.75, 3.05) is 0 Å². The summed E-state index contributed by atoms with van der Waals surface area (Å²) in [4.78, 5) is 0. The van der Waals surface area contributed by atoms with Gasteiger partial charge in [-0.25, -0.2) is 13.2 Å². The van der Waals surface area contributed by atoms with Gasteiger partial charge in [-0.2, -0.15) is 0 Å². The molecule has 0 spiro atoms. The summed E-state index contributed by atoms with van der Waals surface area (Å²) >= 11 is 0. The molecule has 0 saturated heterocycles. The topological polar surface area (TPSA) is 0 Å². The van der Waals surface area contributed by atoms with Gasteiger partial charge in [0.25, 0.3) is 0 Å². The van der Waals surface area contributed by atoms with Crippen molar-refractivity contribution in [2.24, 2.45) is 5.92 Å². The highest BCUT2D eigenvalue weighted by atomic mass is 19.2. The summed E-state index contributed by atoms with van der Waals surface area (Å²) < 4.78 is 44.5. The van der Waals surface area contributed by atoms with Crippen LogP contribution in [0.25, 0.3) is 27.8 Å². The fourth-order valence-corrected chi connectivity index (χ4v) is 4.86. The number of unbranched alkanes of at least 4 members (excludes halogenated alkanes) is 3. The number of hydrogen-bond donors (Lipinski definition) is 0. The molecule has 0 amide bonds. The van der Waals surface area contributed by atoms with Gasteiger partial charge >= 0.3 is 0 Å². The Bertz CT molecular complexity index is 1200. The van der Waals surface area contributed by atoms with Crippen LogP contribution >= 0.6 is 0 Å². The van der Waals surface area contributed by atoms with Crippen molar-refractivity contribution in [3.8, 4) is 22.3 Å². The van der Waals surface area contributed by atoms with Crippen LogP contribution in [0.2, 0.25) is 0 Å². The molecule has 182 valence electrons. The number of aryl methyl sites for hydroxylation is 1. The van der Waals surface area contributed by atoms with Crippen molar-refractivity contribution in [1.82, 2.24) is 0 Å². The lowest BCUT2D eigenvalue weighted by Crippen LogP contribution is -2.02. The molecule has 0 radical (unpaired) electrons. The average Bonchev–Trinajstić information content (AvgIpc) is 2.89. The first-order valence-corrected chi connectivity index (χ1v) is 12.7. The third-order valence-corrected chi connectivity index (χ3v) is 7.09. The van der Waals surface area contributed by atoms with Crippen molar-refractivity contribution in [1.29, 1.82) is 0 Å². The Balaban J connectivity index is 1.51. The highest BCUT2D eigenvalue weighted by Gasteiger charge is 2.17. The minimum Gasteiger partial charge on any atom is -0.206 e.